The van der Waals surface area contributed by atoms with Crippen LogP contribution in [-0.2, 0) is 6.42 Å². The van der Waals surface area contributed by atoms with Crippen molar-refractivity contribution in [1.82, 2.24) is 0 Å². The maximum atomic E-state index is 5.38. The summed E-state index contributed by atoms with van der Waals surface area (Å²) in [7, 11) is 6.62. The summed E-state index contributed by atoms with van der Waals surface area (Å²) in [5.41, 5.74) is 2.21. The number of benzene rings is 2. The molecule has 0 aromatic heterocycles. The Bertz CT molecular complexity index is 692. The molecule has 0 saturated carbocycles. The van der Waals surface area contributed by atoms with Gasteiger partial charge in [-0.25, -0.2) is 0 Å². The fraction of sp³-hybridized carbons (Fsp3) is 0.300. The third-order valence-corrected chi connectivity index (χ3v) is 3.78. The first kappa shape index (κ1) is 17.7. The molecule has 0 radical (unpaired) electrons. The molecule has 0 unspecified atom stereocenters. The number of ether oxygens (including phenoxy) is 4. The highest BCUT2D eigenvalue weighted by Gasteiger charge is 2.04. The minimum atomic E-state index is 0.748. The molecule has 4 nitrogen and oxygen atoms in total. The Morgan fingerprint density at radius 2 is 1.46 bits per heavy atom. The van der Waals surface area contributed by atoms with Gasteiger partial charge in [-0.15, -0.1) is 0 Å². The van der Waals surface area contributed by atoms with Crippen LogP contribution in [0.4, 0.5) is 0 Å². The topological polar surface area (TPSA) is 36.9 Å². The smallest absolute Gasteiger partial charge is 0.160 e. The minimum absolute atomic E-state index is 0.748. The summed E-state index contributed by atoms with van der Waals surface area (Å²) in [6, 6.07) is 11.8. The van der Waals surface area contributed by atoms with E-state index >= 15 is 0 Å². The lowest BCUT2D eigenvalue weighted by Gasteiger charge is -2.09. The van der Waals surface area contributed by atoms with Gasteiger partial charge in [0.05, 0.1) is 28.4 Å². The number of aryl methyl sites for hydroxylation is 1. The van der Waals surface area contributed by atoms with Gasteiger partial charge in [-0.05, 0) is 48.7 Å². The lowest BCUT2D eigenvalue weighted by molar-refractivity contribution is 0.354. The zero-order valence-corrected chi connectivity index (χ0v) is 14.7. The second-order valence-corrected chi connectivity index (χ2v) is 5.24. The Morgan fingerprint density at radius 3 is 2.12 bits per heavy atom. The van der Waals surface area contributed by atoms with Crippen LogP contribution < -0.4 is 18.9 Å². The summed E-state index contributed by atoms with van der Waals surface area (Å²) in [4.78, 5) is 0. The molecule has 0 aliphatic carbocycles. The Balaban J connectivity index is 2.02. The molecule has 4 heteroatoms. The van der Waals surface area contributed by atoms with Gasteiger partial charge in [-0.1, -0.05) is 18.2 Å². The van der Waals surface area contributed by atoms with Gasteiger partial charge in [0.1, 0.15) is 11.5 Å². The van der Waals surface area contributed by atoms with Crippen molar-refractivity contribution >= 4 is 6.08 Å². The van der Waals surface area contributed by atoms with Crippen molar-refractivity contribution in [3.63, 3.8) is 0 Å². The Hall–Kier alpha value is -2.62. The van der Waals surface area contributed by atoms with E-state index in [1.165, 1.54) is 5.56 Å². The molecule has 0 aliphatic heterocycles. The molecule has 0 atom stereocenters. The van der Waals surface area contributed by atoms with E-state index in [1.54, 1.807) is 28.4 Å². The molecule has 0 spiro atoms. The molecule has 0 amide bonds. The molecule has 2 rings (SSSR count). The van der Waals surface area contributed by atoms with Crippen LogP contribution in [0, 0.1) is 0 Å². The predicted octanol–water partition coefficient (Wildman–Crippen LogP) is 4.37. The number of allylic oxidation sites excluding steroid dienone is 1. The molecular formula is C20H24O4. The van der Waals surface area contributed by atoms with Crippen LogP contribution in [0.5, 0.6) is 23.0 Å². The predicted molar refractivity (Wildman–Crippen MR) is 96.4 cm³/mol. The molecule has 0 fully saturated rings. The summed E-state index contributed by atoms with van der Waals surface area (Å²) >= 11 is 0. The number of methoxy groups -OCH3 is 4. The summed E-state index contributed by atoms with van der Waals surface area (Å²) in [6.45, 7) is 0. The average Bonchev–Trinajstić information content (AvgIpc) is 2.64. The minimum Gasteiger partial charge on any atom is -0.497 e. The van der Waals surface area contributed by atoms with E-state index in [0.29, 0.717) is 0 Å². The highest BCUT2D eigenvalue weighted by Crippen LogP contribution is 2.28. The van der Waals surface area contributed by atoms with E-state index in [0.717, 1.165) is 41.4 Å². The quantitative estimate of drug-likeness (QED) is 0.721. The Kier molecular flexibility index (Phi) is 6.55. The van der Waals surface area contributed by atoms with Crippen molar-refractivity contribution in [2.75, 3.05) is 28.4 Å². The third kappa shape index (κ3) is 4.44. The highest BCUT2D eigenvalue weighted by atomic mass is 16.5. The van der Waals surface area contributed by atoms with Gasteiger partial charge >= 0.3 is 0 Å². The summed E-state index contributed by atoms with van der Waals surface area (Å²) < 4.78 is 21.2. The molecule has 0 N–H and O–H groups in total. The molecule has 0 aliphatic rings. The van der Waals surface area contributed by atoms with Crippen molar-refractivity contribution in [2.24, 2.45) is 0 Å². The van der Waals surface area contributed by atoms with Crippen molar-refractivity contribution in [3.05, 3.63) is 53.6 Å². The first-order valence-electron chi connectivity index (χ1n) is 7.81. The fourth-order valence-electron chi connectivity index (χ4n) is 2.47. The van der Waals surface area contributed by atoms with E-state index in [9.17, 15) is 0 Å². The van der Waals surface area contributed by atoms with Crippen molar-refractivity contribution < 1.29 is 18.9 Å². The van der Waals surface area contributed by atoms with Crippen LogP contribution in [0.25, 0.3) is 6.08 Å². The van der Waals surface area contributed by atoms with Crippen LogP contribution in [-0.4, -0.2) is 28.4 Å². The standard InChI is InChI=1S/C20H24O4/c1-21-17-10-12-18(22-2)16(14-17)8-6-5-7-15-9-11-19(23-3)20(13-15)24-4/h6,8-14H,5,7H2,1-4H3/b8-6+. The fourth-order valence-corrected chi connectivity index (χ4v) is 2.47. The maximum absolute atomic E-state index is 5.38. The largest absolute Gasteiger partial charge is 0.497 e. The van der Waals surface area contributed by atoms with E-state index in [4.69, 9.17) is 18.9 Å². The first-order chi connectivity index (χ1) is 11.7. The lowest BCUT2D eigenvalue weighted by atomic mass is 10.1. The van der Waals surface area contributed by atoms with Gasteiger partial charge in [0.15, 0.2) is 11.5 Å². The van der Waals surface area contributed by atoms with E-state index in [-0.39, 0.29) is 0 Å². The number of hydrogen-bond acceptors (Lipinski definition) is 4. The van der Waals surface area contributed by atoms with Crippen LogP contribution in [0.3, 0.4) is 0 Å². The van der Waals surface area contributed by atoms with Gasteiger partial charge < -0.3 is 18.9 Å². The first-order valence-corrected chi connectivity index (χ1v) is 7.81. The Morgan fingerprint density at radius 1 is 0.750 bits per heavy atom. The summed E-state index contributed by atoms with van der Waals surface area (Å²) in [6.07, 6.45) is 6.02. The zero-order chi connectivity index (χ0) is 17.4. The molecule has 2 aromatic carbocycles. The van der Waals surface area contributed by atoms with Crippen LogP contribution in [0.2, 0.25) is 0 Å². The van der Waals surface area contributed by atoms with Gasteiger partial charge in [0.2, 0.25) is 0 Å². The van der Waals surface area contributed by atoms with E-state index < -0.39 is 0 Å². The van der Waals surface area contributed by atoms with E-state index in [1.807, 2.05) is 30.3 Å². The second kappa shape index (κ2) is 8.87. The van der Waals surface area contributed by atoms with Crippen molar-refractivity contribution in [3.8, 4) is 23.0 Å². The molecule has 0 bridgehead atoms. The monoisotopic (exact) mass is 328 g/mol. The summed E-state index contributed by atoms with van der Waals surface area (Å²) in [5.74, 6) is 3.15. The van der Waals surface area contributed by atoms with Gasteiger partial charge in [-0.3, -0.25) is 0 Å². The molecule has 128 valence electrons. The molecule has 0 saturated heterocycles. The number of rotatable bonds is 8. The van der Waals surface area contributed by atoms with Crippen molar-refractivity contribution in [2.45, 2.75) is 12.8 Å². The molecular weight excluding hydrogens is 304 g/mol. The van der Waals surface area contributed by atoms with Gasteiger partial charge in [-0.2, -0.15) is 0 Å². The SMILES string of the molecule is COc1ccc(OC)c(/C=C/CCc2ccc(OC)c(OC)c2)c1. The normalized spacial score (nSPS) is 10.7. The van der Waals surface area contributed by atoms with Gasteiger partial charge in [0.25, 0.3) is 0 Å². The second-order valence-electron chi connectivity index (χ2n) is 5.24. The van der Waals surface area contributed by atoms with E-state index in [2.05, 4.69) is 18.2 Å². The average molecular weight is 328 g/mol. The molecule has 24 heavy (non-hydrogen) atoms. The highest BCUT2D eigenvalue weighted by molar-refractivity contribution is 5.59. The maximum Gasteiger partial charge on any atom is 0.160 e. The third-order valence-electron chi connectivity index (χ3n) is 3.78. The van der Waals surface area contributed by atoms with Crippen molar-refractivity contribution in [1.29, 1.82) is 0 Å². The van der Waals surface area contributed by atoms with Gasteiger partial charge in [0, 0.05) is 5.56 Å². The number of hydrogen-bond donors (Lipinski definition) is 0. The lowest BCUT2D eigenvalue weighted by Crippen LogP contribution is -1.92. The summed E-state index contributed by atoms with van der Waals surface area (Å²) in [5, 5.41) is 0. The molecule has 0 heterocycles. The van der Waals surface area contributed by atoms with Crippen LogP contribution >= 0.6 is 0 Å². The Labute approximate surface area is 143 Å². The van der Waals surface area contributed by atoms with Crippen LogP contribution in [0.15, 0.2) is 42.5 Å². The molecule has 2 aromatic rings. The zero-order valence-electron chi connectivity index (χ0n) is 14.7. The van der Waals surface area contributed by atoms with Crippen LogP contribution in [0.1, 0.15) is 17.5 Å².